The number of fused-ring (bicyclic) bond motifs is 1. The molecule has 0 aliphatic heterocycles. The molecule has 2 fully saturated rings. The van der Waals surface area contributed by atoms with E-state index in [1.54, 1.807) is 19.0 Å². The van der Waals surface area contributed by atoms with Gasteiger partial charge < -0.3 is 15.5 Å². The summed E-state index contributed by atoms with van der Waals surface area (Å²) in [5.74, 6) is 2.66. The first-order valence-electron chi connectivity index (χ1n) is 9.23. The zero-order valence-electron chi connectivity index (χ0n) is 15.3. The standard InChI is InChI=1S/C18H34N4O/c1-13(2)20-18(19-12-17(23)22(3)4)21-16-10-9-14-7-5-6-8-15(14)11-16/h13-16H,5-12H2,1-4H3,(H2,19,20,21). The van der Waals surface area contributed by atoms with E-state index in [0.717, 1.165) is 17.8 Å². The molecular weight excluding hydrogens is 288 g/mol. The summed E-state index contributed by atoms with van der Waals surface area (Å²) in [6, 6.07) is 0.801. The van der Waals surface area contributed by atoms with Gasteiger partial charge in [-0.25, -0.2) is 4.99 Å². The molecule has 2 N–H and O–H groups in total. The molecule has 3 unspecified atom stereocenters. The molecule has 0 aromatic heterocycles. The zero-order valence-corrected chi connectivity index (χ0v) is 15.3. The van der Waals surface area contributed by atoms with Gasteiger partial charge in [-0.15, -0.1) is 0 Å². The second kappa shape index (κ2) is 8.55. The average molecular weight is 322 g/mol. The molecule has 0 aromatic carbocycles. The molecule has 23 heavy (non-hydrogen) atoms. The van der Waals surface area contributed by atoms with Crippen LogP contribution < -0.4 is 10.6 Å². The Kier molecular flexibility index (Phi) is 6.72. The minimum atomic E-state index is 0.0332. The lowest BCUT2D eigenvalue weighted by Gasteiger charge is -2.40. The van der Waals surface area contributed by atoms with Gasteiger partial charge in [-0.05, 0) is 44.9 Å². The van der Waals surface area contributed by atoms with Crippen LogP contribution in [0.1, 0.15) is 58.8 Å². The van der Waals surface area contributed by atoms with Crippen LogP contribution in [0.5, 0.6) is 0 Å². The number of nitrogens with one attached hydrogen (secondary N) is 2. The van der Waals surface area contributed by atoms with Crippen molar-refractivity contribution in [2.45, 2.75) is 70.9 Å². The summed E-state index contributed by atoms with van der Waals surface area (Å²) in [4.78, 5) is 17.8. The van der Waals surface area contributed by atoms with Gasteiger partial charge in [0.25, 0.3) is 0 Å². The van der Waals surface area contributed by atoms with Crippen LogP contribution in [0.4, 0.5) is 0 Å². The van der Waals surface area contributed by atoms with E-state index in [9.17, 15) is 4.79 Å². The highest BCUT2D eigenvalue weighted by Gasteiger charge is 2.32. The van der Waals surface area contributed by atoms with Crippen molar-refractivity contribution in [3.05, 3.63) is 0 Å². The van der Waals surface area contributed by atoms with E-state index in [0.29, 0.717) is 12.1 Å². The van der Waals surface area contributed by atoms with Crippen molar-refractivity contribution < 1.29 is 4.79 Å². The second-order valence-corrected chi connectivity index (χ2v) is 7.71. The molecule has 0 saturated heterocycles. The van der Waals surface area contributed by atoms with E-state index in [-0.39, 0.29) is 12.5 Å². The van der Waals surface area contributed by atoms with Crippen LogP contribution in [0.15, 0.2) is 4.99 Å². The molecule has 0 radical (unpaired) electrons. The lowest BCUT2D eigenvalue weighted by Crippen LogP contribution is -2.49. The number of amides is 1. The van der Waals surface area contributed by atoms with E-state index < -0.39 is 0 Å². The third-order valence-corrected chi connectivity index (χ3v) is 5.18. The smallest absolute Gasteiger partial charge is 0.243 e. The molecule has 3 atom stereocenters. The first-order valence-corrected chi connectivity index (χ1v) is 9.23. The van der Waals surface area contributed by atoms with Gasteiger partial charge in [0.2, 0.25) is 5.91 Å². The van der Waals surface area contributed by atoms with Crippen molar-refractivity contribution in [2.24, 2.45) is 16.8 Å². The lowest BCUT2D eigenvalue weighted by atomic mass is 9.69. The highest BCUT2D eigenvalue weighted by Crippen LogP contribution is 2.40. The van der Waals surface area contributed by atoms with Crippen molar-refractivity contribution >= 4 is 11.9 Å². The van der Waals surface area contributed by atoms with Gasteiger partial charge in [0.05, 0.1) is 0 Å². The fourth-order valence-corrected chi connectivity index (χ4v) is 3.89. The molecule has 5 nitrogen and oxygen atoms in total. The molecule has 2 aliphatic carbocycles. The largest absolute Gasteiger partial charge is 0.354 e. The van der Waals surface area contributed by atoms with E-state index in [2.05, 4.69) is 29.5 Å². The Bertz CT molecular complexity index is 419. The molecule has 1 amide bonds. The van der Waals surface area contributed by atoms with Gasteiger partial charge in [0, 0.05) is 26.2 Å². The Morgan fingerprint density at radius 3 is 2.48 bits per heavy atom. The lowest BCUT2D eigenvalue weighted by molar-refractivity contribution is -0.127. The van der Waals surface area contributed by atoms with Crippen LogP contribution >= 0.6 is 0 Å². The van der Waals surface area contributed by atoms with Gasteiger partial charge in [0.1, 0.15) is 6.54 Å². The van der Waals surface area contributed by atoms with E-state index in [1.165, 1.54) is 44.9 Å². The first-order chi connectivity index (χ1) is 11.0. The molecule has 2 rings (SSSR count). The van der Waals surface area contributed by atoms with Crippen LogP contribution in [0.3, 0.4) is 0 Å². The van der Waals surface area contributed by atoms with Crippen LogP contribution in [-0.4, -0.2) is 49.5 Å². The summed E-state index contributed by atoms with van der Waals surface area (Å²) in [5.41, 5.74) is 0. The Morgan fingerprint density at radius 1 is 1.13 bits per heavy atom. The van der Waals surface area contributed by atoms with Crippen molar-refractivity contribution in [3.63, 3.8) is 0 Å². The van der Waals surface area contributed by atoms with Crippen LogP contribution in [0, 0.1) is 11.8 Å². The quantitative estimate of drug-likeness (QED) is 0.617. The molecular formula is C18H34N4O. The molecule has 0 bridgehead atoms. The van der Waals surface area contributed by atoms with Crippen LogP contribution in [-0.2, 0) is 4.79 Å². The third kappa shape index (κ3) is 5.70. The number of carbonyl (C=O) groups is 1. The maximum atomic E-state index is 11.8. The van der Waals surface area contributed by atoms with Crippen molar-refractivity contribution in [2.75, 3.05) is 20.6 Å². The second-order valence-electron chi connectivity index (χ2n) is 7.71. The van der Waals surface area contributed by atoms with E-state index >= 15 is 0 Å². The van der Waals surface area contributed by atoms with Gasteiger partial charge in [-0.3, -0.25) is 4.79 Å². The number of aliphatic imine (C=N–C) groups is 1. The highest BCUT2D eigenvalue weighted by atomic mass is 16.2. The van der Waals surface area contributed by atoms with Gasteiger partial charge in [0.15, 0.2) is 5.96 Å². The SMILES string of the molecule is CC(C)NC(=NCC(=O)N(C)C)NC1CCC2CCCCC2C1. The predicted octanol–water partition coefficient (Wildman–Crippen LogP) is 2.38. The Hall–Kier alpha value is -1.26. The topological polar surface area (TPSA) is 56.7 Å². The van der Waals surface area contributed by atoms with E-state index in [1.807, 2.05) is 0 Å². The van der Waals surface area contributed by atoms with E-state index in [4.69, 9.17) is 0 Å². The number of rotatable bonds is 4. The van der Waals surface area contributed by atoms with Crippen molar-refractivity contribution in [3.8, 4) is 0 Å². The number of nitrogens with zero attached hydrogens (tertiary/aromatic N) is 2. The number of guanidine groups is 1. The van der Waals surface area contributed by atoms with Gasteiger partial charge in [-0.2, -0.15) is 0 Å². The number of carbonyl (C=O) groups excluding carboxylic acids is 1. The molecule has 0 spiro atoms. The molecule has 2 aliphatic rings. The predicted molar refractivity (Wildman–Crippen MR) is 95.5 cm³/mol. The Morgan fingerprint density at radius 2 is 1.83 bits per heavy atom. The number of hydrogen-bond donors (Lipinski definition) is 2. The summed E-state index contributed by atoms with van der Waals surface area (Å²) < 4.78 is 0. The Balaban J connectivity index is 1.91. The van der Waals surface area contributed by atoms with Crippen LogP contribution in [0.25, 0.3) is 0 Å². The van der Waals surface area contributed by atoms with Gasteiger partial charge >= 0.3 is 0 Å². The molecule has 2 saturated carbocycles. The van der Waals surface area contributed by atoms with Gasteiger partial charge in [-0.1, -0.05) is 25.7 Å². The minimum absolute atomic E-state index is 0.0332. The fraction of sp³-hybridized carbons (Fsp3) is 0.889. The summed E-state index contributed by atoms with van der Waals surface area (Å²) in [6.45, 7) is 4.40. The zero-order chi connectivity index (χ0) is 16.8. The maximum Gasteiger partial charge on any atom is 0.243 e. The van der Waals surface area contributed by atoms with Crippen LogP contribution in [0.2, 0.25) is 0 Å². The highest BCUT2D eigenvalue weighted by molar-refractivity contribution is 5.85. The summed E-state index contributed by atoms with van der Waals surface area (Å²) in [7, 11) is 3.54. The summed E-state index contributed by atoms with van der Waals surface area (Å²) >= 11 is 0. The molecule has 5 heteroatoms. The molecule has 0 aromatic rings. The normalized spacial score (nSPS) is 28.2. The maximum absolute atomic E-state index is 11.8. The summed E-state index contributed by atoms with van der Waals surface area (Å²) in [6.07, 6.45) is 9.47. The average Bonchev–Trinajstić information content (AvgIpc) is 2.51. The summed E-state index contributed by atoms with van der Waals surface area (Å²) in [5, 5.41) is 6.94. The minimum Gasteiger partial charge on any atom is -0.354 e. The first kappa shape index (κ1) is 18.1. The Labute approximate surface area is 141 Å². The number of likely N-dealkylation sites (N-methyl/N-ethyl adjacent to an activating group) is 1. The third-order valence-electron chi connectivity index (χ3n) is 5.18. The number of hydrogen-bond acceptors (Lipinski definition) is 2. The fourth-order valence-electron chi connectivity index (χ4n) is 3.89. The molecule has 0 heterocycles. The molecule has 132 valence electrons. The van der Waals surface area contributed by atoms with Crippen molar-refractivity contribution in [1.29, 1.82) is 0 Å². The monoisotopic (exact) mass is 322 g/mol. The van der Waals surface area contributed by atoms with Crippen molar-refractivity contribution in [1.82, 2.24) is 15.5 Å².